The number of benzene rings is 2. The maximum atomic E-state index is 14.0. The van der Waals surface area contributed by atoms with Crippen molar-refractivity contribution in [2.45, 2.75) is 52.4 Å². The van der Waals surface area contributed by atoms with Crippen LogP contribution in [0.2, 0.25) is 0 Å². The minimum atomic E-state index is -4.41. The number of alkyl halides is 3. The third kappa shape index (κ3) is 7.06. The molecule has 0 radical (unpaired) electrons. The fourth-order valence-electron chi connectivity index (χ4n) is 4.39. The highest BCUT2D eigenvalue weighted by atomic mass is 19.4. The highest BCUT2D eigenvalue weighted by Crippen LogP contribution is 2.28. The fourth-order valence-corrected chi connectivity index (χ4v) is 4.39. The van der Waals surface area contributed by atoms with E-state index in [0.29, 0.717) is 41.6 Å². The summed E-state index contributed by atoms with van der Waals surface area (Å²) in [4.78, 5) is 25.1. The topological polar surface area (TPSA) is 71.8 Å². The van der Waals surface area contributed by atoms with Crippen molar-refractivity contribution in [3.63, 3.8) is 0 Å². The number of guanidine groups is 1. The maximum Gasteiger partial charge on any atom is 0.412 e. The molecule has 4 rings (SSSR count). The van der Waals surface area contributed by atoms with Gasteiger partial charge in [0.25, 0.3) is 5.56 Å². The molecule has 2 aromatic carbocycles. The number of aliphatic imine (C=N–C) groups is 1. The van der Waals surface area contributed by atoms with Gasteiger partial charge in [-0.3, -0.25) is 4.79 Å². The number of hydrogen-bond acceptors (Lipinski definition) is 4. The first-order valence-corrected chi connectivity index (χ1v) is 13.5. The van der Waals surface area contributed by atoms with E-state index in [1.807, 2.05) is 73.3 Å². The Hall–Kier alpha value is -4.34. The number of allylic oxidation sites excluding steroid dienone is 1. The monoisotopic (exact) mass is 565 g/mol. The van der Waals surface area contributed by atoms with Crippen molar-refractivity contribution in [2.75, 3.05) is 13.1 Å². The summed E-state index contributed by atoms with van der Waals surface area (Å²) in [5.41, 5.74) is 1.69. The van der Waals surface area contributed by atoms with Gasteiger partial charge in [0, 0.05) is 24.6 Å². The molecule has 1 aliphatic heterocycles. The van der Waals surface area contributed by atoms with Crippen LogP contribution in [0.3, 0.4) is 0 Å². The van der Waals surface area contributed by atoms with E-state index in [1.165, 1.54) is 4.57 Å². The van der Waals surface area contributed by atoms with E-state index >= 15 is 0 Å². The second-order valence-corrected chi connectivity index (χ2v) is 9.75. The molecule has 0 spiro atoms. The molecule has 1 aliphatic rings. The van der Waals surface area contributed by atoms with E-state index in [4.69, 9.17) is 9.72 Å². The molecular weight excluding hydrogens is 531 g/mol. The Bertz CT molecular complexity index is 1500. The number of ether oxygens (including phenoxy) is 1. The van der Waals surface area contributed by atoms with Crippen LogP contribution in [0.15, 0.2) is 88.7 Å². The van der Waals surface area contributed by atoms with Gasteiger partial charge in [0.15, 0.2) is 5.96 Å². The molecule has 1 unspecified atom stereocenters. The van der Waals surface area contributed by atoms with Gasteiger partial charge in [-0.1, -0.05) is 55.5 Å². The maximum absolute atomic E-state index is 14.0. The lowest BCUT2D eigenvalue weighted by atomic mass is 10.1. The Morgan fingerprint density at radius 3 is 2.59 bits per heavy atom. The molecule has 0 saturated carbocycles. The van der Waals surface area contributed by atoms with Crippen LogP contribution in [-0.4, -0.2) is 45.7 Å². The number of rotatable bonds is 8. The average molecular weight is 566 g/mol. The van der Waals surface area contributed by atoms with E-state index in [1.54, 1.807) is 6.08 Å². The molecule has 0 saturated heterocycles. The van der Waals surface area contributed by atoms with E-state index in [0.717, 1.165) is 25.0 Å². The molecule has 0 aliphatic carbocycles. The lowest BCUT2D eigenvalue weighted by Gasteiger charge is -2.32. The third-order valence-electron chi connectivity index (χ3n) is 6.86. The molecular formula is C31H34F3N5O2. The summed E-state index contributed by atoms with van der Waals surface area (Å²) in [6.07, 6.45) is -0.521. The molecule has 3 aromatic rings. The number of aromatic nitrogens is 2. The number of para-hydroxylation sites is 2. The smallest absolute Gasteiger partial charge is 0.412 e. The Morgan fingerprint density at radius 1 is 1.20 bits per heavy atom. The first kappa shape index (κ1) is 29.6. The van der Waals surface area contributed by atoms with Crippen LogP contribution in [0.5, 0.6) is 11.8 Å². The highest BCUT2D eigenvalue weighted by Gasteiger charge is 2.30. The molecule has 1 atom stereocenters. The second kappa shape index (κ2) is 12.9. The van der Waals surface area contributed by atoms with Crippen molar-refractivity contribution in [1.82, 2.24) is 19.8 Å². The normalized spacial score (nSPS) is 14.8. The number of nitrogens with one attached hydrogen (secondary N) is 1. The molecule has 216 valence electrons. The molecule has 41 heavy (non-hydrogen) atoms. The Labute approximate surface area is 237 Å². The van der Waals surface area contributed by atoms with E-state index in [9.17, 15) is 18.0 Å². The molecule has 10 heteroatoms. The van der Waals surface area contributed by atoms with Crippen molar-refractivity contribution in [2.24, 2.45) is 4.99 Å². The van der Waals surface area contributed by atoms with Gasteiger partial charge >= 0.3 is 12.2 Å². The van der Waals surface area contributed by atoms with Crippen LogP contribution in [0.1, 0.15) is 37.6 Å². The summed E-state index contributed by atoms with van der Waals surface area (Å²) in [5, 5.41) is 3.20. The Morgan fingerprint density at radius 2 is 1.90 bits per heavy atom. The van der Waals surface area contributed by atoms with Crippen LogP contribution < -0.4 is 15.6 Å². The summed E-state index contributed by atoms with van der Waals surface area (Å²) in [6, 6.07) is 16.8. The number of aryl methyl sites for hydroxylation is 1. The molecule has 1 aromatic heterocycles. The van der Waals surface area contributed by atoms with Crippen molar-refractivity contribution in [3.8, 4) is 17.4 Å². The standard InChI is InChI=1S/C31H34F3N5O2/c1-5-22(4)36-29(35-18-16-21(3)31(32,33)34)38-19-17-26-25(20-38)28(40)39(24-13-8-7-9-14-24)30(37-26)41-27-15-11-10-12-23(27)6-2/h5,7-16,22H,1,6,17-20H2,2-4H3,(H,35,36)/b21-16+. The zero-order valence-corrected chi connectivity index (χ0v) is 23.4. The van der Waals surface area contributed by atoms with Crippen LogP contribution in [-0.2, 0) is 19.4 Å². The van der Waals surface area contributed by atoms with E-state index in [-0.39, 0.29) is 30.7 Å². The van der Waals surface area contributed by atoms with Gasteiger partial charge in [-0.25, -0.2) is 14.5 Å². The van der Waals surface area contributed by atoms with Gasteiger partial charge in [-0.15, -0.1) is 6.58 Å². The number of fused-ring (bicyclic) bond motifs is 1. The molecule has 0 bridgehead atoms. The van der Waals surface area contributed by atoms with Crippen LogP contribution in [0, 0.1) is 0 Å². The minimum absolute atomic E-state index is 0.170. The summed E-state index contributed by atoms with van der Waals surface area (Å²) >= 11 is 0. The minimum Gasteiger partial charge on any atom is -0.425 e. The zero-order chi connectivity index (χ0) is 29.6. The average Bonchev–Trinajstić information content (AvgIpc) is 2.96. The summed E-state index contributed by atoms with van der Waals surface area (Å²) in [7, 11) is 0. The van der Waals surface area contributed by atoms with Crippen LogP contribution >= 0.6 is 0 Å². The largest absolute Gasteiger partial charge is 0.425 e. The summed E-state index contributed by atoms with van der Waals surface area (Å²) in [6.45, 7) is 9.15. The van der Waals surface area contributed by atoms with Crippen LogP contribution in [0.25, 0.3) is 5.69 Å². The number of halogens is 3. The first-order valence-electron chi connectivity index (χ1n) is 13.5. The number of nitrogens with zero attached hydrogens (tertiary/aromatic N) is 4. The SMILES string of the molecule is C=CC(C)NC(=NC/C=C(\C)C(F)(F)F)N1CCc2nc(Oc3ccccc3CC)n(-c3ccccc3)c(=O)c2C1. The fraction of sp³-hybridized carbons (Fsp3) is 0.323. The van der Waals surface area contributed by atoms with Gasteiger partial charge in [0.2, 0.25) is 0 Å². The second-order valence-electron chi connectivity index (χ2n) is 9.75. The lowest BCUT2D eigenvalue weighted by Crippen LogP contribution is -2.48. The van der Waals surface area contributed by atoms with Gasteiger partial charge in [0.1, 0.15) is 5.75 Å². The van der Waals surface area contributed by atoms with Crippen molar-refractivity contribution in [1.29, 1.82) is 0 Å². The molecule has 7 nitrogen and oxygen atoms in total. The van der Waals surface area contributed by atoms with Crippen molar-refractivity contribution < 1.29 is 17.9 Å². The quantitative estimate of drug-likeness (QED) is 0.207. The van der Waals surface area contributed by atoms with E-state index < -0.39 is 11.7 Å². The van der Waals surface area contributed by atoms with Gasteiger partial charge in [0.05, 0.1) is 30.0 Å². The van der Waals surface area contributed by atoms with E-state index in [2.05, 4.69) is 16.9 Å². The van der Waals surface area contributed by atoms with Gasteiger partial charge < -0.3 is 15.0 Å². The number of hydrogen-bond donors (Lipinski definition) is 1. The molecule has 0 fully saturated rings. The highest BCUT2D eigenvalue weighted by molar-refractivity contribution is 5.81. The van der Waals surface area contributed by atoms with Crippen molar-refractivity contribution in [3.05, 3.63) is 106 Å². The molecule has 0 amide bonds. The molecule has 2 heterocycles. The van der Waals surface area contributed by atoms with Gasteiger partial charge in [-0.2, -0.15) is 13.2 Å². The van der Waals surface area contributed by atoms with Crippen molar-refractivity contribution >= 4 is 5.96 Å². The summed E-state index contributed by atoms with van der Waals surface area (Å²) < 4.78 is 46.7. The Balaban J connectivity index is 1.74. The molecule has 1 N–H and O–H groups in total. The third-order valence-corrected chi connectivity index (χ3v) is 6.86. The first-order chi connectivity index (χ1) is 19.6. The predicted octanol–water partition coefficient (Wildman–Crippen LogP) is 5.97. The summed E-state index contributed by atoms with van der Waals surface area (Å²) in [5.74, 6) is 1.01. The lowest BCUT2D eigenvalue weighted by molar-refractivity contribution is -0.0914. The Kier molecular flexibility index (Phi) is 9.31. The van der Waals surface area contributed by atoms with Crippen LogP contribution in [0.4, 0.5) is 13.2 Å². The predicted molar refractivity (Wildman–Crippen MR) is 155 cm³/mol. The van der Waals surface area contributed by atoms with Gasteiger partial charge in [-0.05, 0) is 44.0 Å². The zero-order valence-electron chi connectivity index (χ0n) is 23.4.